The fraction of sp³-hybridized carbons (Fsp3) is 0.0714. The number of carbonyl (C=O) groups excluding carboxylic acids is 1. The Bertz CT molecular complexity index is 616. The third-order valence-corrected chi connectivity index (χ3v) is 3.77. The van der Waals surface area contributed by atoms with Crippen LogP contribution in [0.25, 0.3) is 0 Å². The number of halogens is 3. The number of amides is 1. The molecule has 0 atom stereocenters. The average Bonchev–Trinajstić information content (AvgIpc) is 2.34. The van der Waals surface area contributed by atoms with Gasteiger partial charge in [0.05, 0.1) is 17.1 Å². The molecule has 2 aromatic rings. The lowest BCUT2D eigenvalue weighted by atomic mass is 10.1. The molecule has 2 aromatic carbocycles. The third-order valence-electron chi connectivity index (χ3n) is 2.46. The second-order valence-corrected chi connectivity index (χ2v) is 6.22. The molecule has 19 heavy (non-hydrogen) atoms. The van der Waals surface area contributed by atoms with Gasteiger partial charge in [-0.2, -0.15) is 0 Å². The van der Waals surface area contributed by atoms with E-state index in [1.54, 1.807) is 12.1 Å². The predicted molar refractivity (Wildman–Crippen MR) is 85.6 cm³/mol. The minimum atomic E-state index is -0.0990. The Labute approximate surface area is 133 Å². The van der Waals surface area contributed by atoms with Crippen molar-refractivity contribution in [3.8, 4) is 0 Å². The number of benzene rings is 2. The Balaban J connectivity index is 2.07. The molecule has 0 aliphatic rings. The summed E-state index contributed by atoms with van der Waals surface area (Å²) < 4.78 is 1.83. The van der Waals surface area contributed by atoms with Crippen molar-refractivity contribution in [3.63, 3.8) is 0 Å². The monoisotopic (exact) mass is 401 g/mol. The van der Waals surface area contributed by atoms with E-state index in [-0.39, 0.29) is 5.91 Å². The first-order chi connectivity index (χ1) is 9.04. The molecule has 0 aliphatic heterocycles. The highest BCUT2D eigenvalue weighted by atomic mass is 79.9. The molecule has 0 bridgehead atoms. The quantitative estimate of drug-likeness (QED) is 0.764. The summed E-state index contributed by atoms with van der Waals surface area (Å²) >= 11 is 12.8. The summed E-state index contributed by atoms with van der Waals surface area (Å²) in [6, 6.07) is 13.0. The lowest BCUT2D eigenvalue weighted by Gasteiger charge is -2.08. The summed E-state index contributed by atoms with van der Waals surface area (Å²) in [5, 5.41) is 3.32. The summed E-state index contributed by atoms with van der Waals surface area (Å²) in [5.41, 5.74) is 1.55. The Kier molecular flexibility index (Phi) is 5.02. The van der Waals surface area contributed by atoms with Crippen molar-refractivity contribution in [3.05, 3.63) is 62.0 Å². The lowest BCUT2D eigenvalue weighted by Crippen LogP contribution is -2.14. The van der Waals surface area contributed by atoms with Crippen LogP contribution in [0.3, 0.4) is 0 Å². The normalized spacial score (nSPS) is 10.3. The van der Waals surface area contributed by atoms with Crippen LogP contribution in [0.4, 0.5) is 5.69 Å². The van der Waals surface area contributed by atoms with Gasteiger partial charge < -0.3 is 5.32 Å². The summed E-state index contributed by atoms with van der Waals surface area (Å²) in [6.45, 7) is 0. The van der Waals surface area contributed by atoms with E-state index in [2.05, 4.69) is 37.2 Å². The molecule has 0 radical (unpaired) electrons. The van der Waals surface area contributed by atoms with E-state index in [1.165, 1.54) is 0 Å². The van der Waals surface area contributed by atoms with Gasteiger partial charge in [-0.3, -0.25) is 4.79 Å². The fourth-order valence-electron chi connectivity index (χ4n) is 1.62. The summed E-state index contributed by atoms with van der Waals surface area (Å²) in [6.07, 6.45) is 0.308. The number of anilines is 1. The van der Waals surface area contributed by atoms with Crippen molar-refractivity contribution in [1.82, 2.24) is 0 Å². The van der Waals surface area contributed by atoms with Gasteiger partial charge in [-0.05, 0) is 35.9 Å². The van der Waals surface area contributed by atoms with Crippen molar-refractivity contribution >= 4 is 55.1 Å². The first-order valence-electron chi connectivity index (χ1n) is 5.54. The van der Waals surface area contributed by atoms with Crippen LogP contribution in [-0.4, -0.2) is 5.91 Å². The van der Waals surface area contributed by atoms with Gasteiger partial charge in [0.2, 0.25) is 5.91 Å². The number of rotatable bonds is 3. The van der Waals surface area contributed by atoms with Crippen LogP contribution in [-0.2, 0) is 11.2 Å². The fourth-order valence-corrected chi connectivity index (χ4v) is 2.59. The average molecular weight is 404 g/mol. The van der Waals surface area contributed by atoms with Gasteiger partial charge >= 0.3 is 0 Å². The minimum Gasteiger partial charge on any atom is -0.324 e. The van der Waals surface area contributed by atoms with Crippen LogP contribution >= 0.6 is 43.5 Å². The molecular weight excluding hydrogens is 393 g/mol. The molecule has 0 fully saturated rings. The van der Waals surface area contributed by atoms with Crippen LogP contribution in [0.15, 0.2) is 51.4 Å². The van der Waals surface area contributed by atoms with Gasteiger partial charge in [-0.15, -0.1) is 0 Å². The lowest BCUT2D eigenvalue weighted by molar-refractivity contribution is -0.115. The second-order valence-electron chi connectivity index (χ2n) is 3.98. The van der Waals surface area contributed by atoms with E-state index in [0.29, 0.717) is 17.1 Å². The molecule has 2 rings (SSSR count). The first-order valence-corrected chi connectivity index (χ1v) is 7.50. The zero-order chi connectivity index (χ0) is 13.8. The molecule has 5 heteroatoms. The van der Waals surface area contributed by atoms with Gasteiger partial charge in [0.15, 0.2) is 0 Å². The molecule has 1 N–H and O–H groups in total. The molecule has 98 valence electrons. The number of hydrogen-bond donors (Lipinski definition) is 1. The minimum absolute atomic E-state index is 0.0990. The van der Waals surface area contributed by atoms with E-state index >= 15 is 0 Å². The van der Waals surface area contributed by atoms with Crippen LogP contribution in [0, 0.1) is 0 Å². The van der Waals surface area contributed by atoms with E-state index in [4.69, 9.17) is 11.6 Å². The topological polar surface area (TPSA) is 29.1 Å². The molecule has 2 nitrogen and oxygen atoms in total. The highest BCUT2D eigenvalue weighted by molar-refractivity contribution is 9.10. The van der Waals surface area contributed by atoms with Crippen molar-refractivity contribution in [2.45, 2.75) is 6.42 Å². The zero-order valence-corrected chi connectivity index (χ0v) is 13.7. The van der Waals surface area contributed by atoms with Crippen LogP contribution in [0.2, 0.25) is 5.02 Å². The van der Waals surface area contributed by atoms with Gasteiger partial charge in [0.1, 0.15) is 0 Å². The van der Waals surface area contributed by atoms with Crippen LogP contribution in [0.1, 0.15) is 5.56 Å². The molecule has 0 saturated carbocycles. The van der Waals surface area contributed by atoms with Crippen molar-refractivity contribution in [2.24, 2.45) is 0 Å². The molecule has 0 aliphatic carbocycles. The van der Waals surface area contributed by atoms with Gasteiger partial charge in [0, 0.05) is 8.95 Å². The SMILES string of the molecule is O=C(Cc1cccc(Br)c1)Nc1cc(Br)ccc1Cl. The Morgan fingerprint density at radius 1 is 1.11 bits per heavy atom. The summed E-state index contributed by atoms with van der Waals surface area (Å²) in [4.78, 5) is 12.0. The van der Waals surface area contributed by atoms with Crippen LogP contribution in [0.5, 0.6) is 0 Å². The highest BCUT2D eigenvalue weighted by Gasteiger charge is 2.07. The van der Waals surface area contributed by atoms with Crippen molar-refractivity contribution < 1.29 is 4.79 Å². The Morgan fingerprint density at radius 3 is 2.58 bits per heavy atom. The Hall–Kier alpha value is -0.840. The molecule has 0 saturated heterocycles. The second kappa shape index (κ2) is 6.55. The maximum Gasteiger partial charge on any atom is 0.228 e. The highest BCUT2D eigenvalue weighted by Crippen LogP contribution is 2.25. The van der Waals surface area contributed by atoms with Crippen molar-refractivity contribution in [1.29, 1.82) is 0 Å². The van der Waals surface area contributed by atoms with Crippen LogP contribution < -0.4 is 5.32 Å². The van der Waals surface area contributed by atoms with Gasteiger partial charge in [-0.25, -0.2) is 0 Å². The van der Waals surface area contributed by atoms with E-state index in [1.807, 2.05) is 30.3 Å². The molecule has 1 amide bonds. The predicted octanol–water partition coefficient (Wildman–Crippen LogP) is 5.05. The molecule has 0 unspecified atom stereocenters. The summed E-state index contributed by atoms with van der Waals surface area (Å²) in [5.74, 6) is -0.0990. The zero-order valence-electron chi connectivity index (χ0n) is 9.79. The smallest absolute Gasteiger partial charge is 0.228 e. The number of carbonyl (C=O) groups is 1. The maximum absolute atomic E-state index is 12.0. The van der Waals surface area contributed by atoms with E-state index in [0.717, 1.165) is 14.5 Å². The summed E-state index contributed by atoms with van der Waals surface area (Å²) in [7, 11) is 0. The van der Waals surface area contributed by atoms with Crippen molar-refractivity contribution in [2.75, 3.05) is 5.32 Å². The molecule has 0 aromatic heterocycles. The van der Waals surface area contributed by atoms with E-state index < -0.39 is 0 Å². The largest absolute Gasteiger partial charge is 0.324 e. The van der Waals surface area contributed by atoms with Gasteiger partial charge in [-0.1, -0.05) is 55.6 Å². The van der Waals surface area contributed by atoms with E-state index in [9.17, 15) is 4.79 Å². The third kappa shape index (κ3) is 4.34. The molecular formula is C14H10Br2ClNO. The molecule has 0 spiro atoms. The number of hydrogen-bond acceptors (Lipinski definition) is 1. The number of nitrogens with one attached hydrogen (secondary N) is 1. The first kappa shape index (κ1) is 14.6. The maximum atomic E-state index is 12.0. The standard InChI is InChI=1S/C14H10Br2ClNO/c15-10-3-1-2-9(6-10)7-14(19)18-13-8-11(16)4-5-12(13)17/h1-6,8H,7H2,(H,18,19). The Morgan fingerprint density at radius 2 is 1.84 bits per heavy atom. The molecule has 0 heterocycles. The van der Waals surface area contributed by atoms with Gasteiger partial charge in [0.25, 0.3) is 0 Å².